The first kappa shape index (κ1) is 15.5. The Labute approximate surface area is 133 Å². The van der Waals surface area contributed by atoms with Crippen molar-refractivity contribution in [1.82, 2.24) is 10.2 Å². The van der Waals surface area contributed by atoms with Gasteiger partial charge < -0.3 is 11.1 Å². The zero-order valence-electron chi connectivity index (χ0n) is 13.4. The normalized spacial score (nSPS) is 29.3. The molecule has 2 saturated heterocycles. The molecule has 2 bridgehead atoms. The number of carbonyl (C=O) groups is 1. The van der Waals surface area contributed by atoms with E-state index in [0.29, 0.717) is 24.5 Å². The zero-order valence-corrected chi connectivity index (χ0v) is 13.4. The number of nitrogens with two attached hydrogens (primary N) is 1. The van der Waals surface area contributed by atoms with Crippen LogP contribution in [0.2, 0.25) is 0 Å². The number of piperidine rings is 1. The topological polar surface area (TPSA) is 58.4 Å². The van der Waals surface area contributed by atoms with E-state index in [1.165, 1.54) is 18.4 Å². The van der Waals surface area contributed by atoms with Crippen LogP contribution in [-0.4, -0.2) is 35.0 Å². The highest BCUT2D eigenvalue weighted by Crippen LogP contribution is 2.36. The molecule has 3 N–H and O–H groups in total. The van der Waals surface area contributed by atoms with E-state index in [1.807, 2.05) is 6.92 Å². The third-order valence-corrected chi connectivity index (χ3v) is 4.96. The average Bonchev–Trinajstić information content (AvgIpc) is 2.70. The van der Waals surface area contributed by atoms with E-state index in [-0.39, 0.29) is 11.9 Å². The summed E-state index contributed by atoms with van der Waals surface area (Å²) in [6.45, 7) is 2.92. The lowest BCUT2D eigenvalue weighted by Gasteiger charge is -2.39. The summed E-state index contributed by atoms with van der Waals surface area (Å²) in [7, 11) is 0. The first-order valence-electron chi connectivity index (χ1n) is 8.46. The second kappa shape index (κ2) is 6.80. The van der Waals surface area contributed by atoms with E-state index < -0.39 is 0 Å². The van der Waals surface area contributed by atoms with Gasteiger partial charge in [0.25, 0.3) is 0 Å². The second-order valence-electron chi connectivity index (χ2n) is 6.96. The van der Waals surface area contributed by atoms with Gasteiger partial charge in [0.2, 0.25) is 5.91 Å². The maximum Gasteiger partial charge on any atom is 0.221 e. The van der Waals surface area contributed by atoms with E-state index in [9.17, 15) is 4.79 Å². The number of nitrogens with zero attached hydrogens (tertiary/aromatic N) is 1. The van der Waals surface area contributed by atoms with Crippen LogP contribution >= 0.6 is 0 Å². The molecule has 3 atom stereocenters. The van der Waals surface area contributed by atoms with Crippen LogP contribution in [0.5, 0.6) is 0 Å². The van der Waals surface area contributed by atoms with Crippen molar-refractivity contribution in [2.75, 3.05) is 0 Å². The number of benzene rings is 1. The molecule has 22 heavy (non-hydrogen) atoms. The van der Waals surface area contributed by atoms with Crippen LogP contribution in [0.15, 0.2) is 30.3 Å². The summed E-state index contributed by atoms with van der Waals surface area (Å²) in [6, 6.07) is 12.2. The van der Waals surface area contributed by atoms with Crippen LogP contribution < -0.4 is 11.1 Å². The predicted octanol–water partition coefficient (Wildman–Crippen LogP) is 2.04. The second-order valence-corrected chi connectivity index (χ2v) is 6.96. The third-order valence-electron chi connectivity index (χ3n) is 4.96. The molecule has 0 radical (unpaired) electrons. The maximum absolute atomic E-state index is 11.9. The van der Waals surface area contributed by atoms with Gasteiger partial charge in [-0.25, -0.2) is 0 Å². The SMILES string of the molecule is CC(N)CC(=O)NC1CC2CCC(C1)N2Cc1ccccc1. The van der Waals surface area contributed by atoms with Gasteiger partial charge in [-0.15, -0.1) is 0 Å². The van der Waals surface area contributed by atoms with Gasteiger partial charge in [0.15, 0.2) is 0 Å². The van der Waals surface area contributed by atoms with Crippen LogP contribution in [0.3, 0.4) is 0 Å². The Morgan fingerprint density at radius 3 is 2.50 bits per heavy atom. The monoisotopic (exact) mass is 301 g/mol. The Balaban J connectivity index is 1.56. The van der Waals surface area contributed by atoms with Crippen LogP contribution in [0.1, 0.15) is 44.6 Å². The van der Waals surface area contributed by atoms with E-state index in [4.69, 9.17) is 5.73 Å². The van der Waals surface area contributed by atoms with Crippen LogP contribution in [0.4, 0.5) is 0 Å². The molecule has 2 fully saturated rings. The summed E-state index contributed by atoms with van der Waals surface area (Å²) in [4.78, 5) is 14.6. The van der Waals surface area contributed by atoms with Gasteiger partial charge in [-0.1, -0.05) is 30.3 Å². The Bertz CT molecular complexity index is 488. The standard InChI is InChI=1S/C18H27N3O/c1-13(19)9-18(22)20-15-10-16-7-8-17(11-15)21(16)12-14-5-3-2-4-6-14/h2-6,13,15-17H,7-12,19H2,1H3,(H,20,22). The van der Waals surface area contributed by atoms with Crippen molar-refractivity contribution in [2.24, 2.45) is 5.73 Å². The average molecular weight is 301 g/mol. The lowest BCUT2D eigenvalue weighted by Crippen LogP contribution is -2.50. The van der Waals surface area contributed by atoms with E-state index >= 15 is 0 Å². The molecule has 120 valence electrons. The first-order valence-corrected chi connectivity index (χ1v) is 8.46. The molecule has 0 aromatic heterocycles. The molecule has 2 aliphatic heterocycles. The van der Waals surface area contributed by atoms with E-state index in [0.717, 1.165) is 19.4 Å². The smallest absolute Gasteiger partial charge is 0.221 e. The molecule has 0 aliphatic carbocycles. The van der Waals surface area contributed by atoms with Crippen molar-refractivity contribution < 1.29 is 4.79 Å². The summed E-state index contributed by atoms with van der Waals surface area (Å²) in [6.07, 6.45) is 5.11. The summed E-state index contributed by atoms with van der Waals surface area (Å²) >= 11 is 0. The molecule has 1 aromatic rings. The van der Waals surface area contributed by atoms with Crippen LogP contribution in [-0.2, 0) is 11.3 Å². The lowest BCUT2D eigenvalue weighted by molar-refractivity contribution is -0.122. The molecule has 3 rings (SSSR count). The van der Waals surface area contributed by atoms with Gasteiger partial charge >= 0.3 is 0 Å². The Hall–Kier alpha value is -1.39. The van der Waals surface area contributed by atoms with Crippen molar-refractivity contribution in [3.8, 4) is 0 Å². The number of nitrogens with one attached hydrogen (secondary N) is 1. The molecule has 4 nitrogen and oxygen atoms in total. The molecule has 0 spiro atoms. The summed E-state index contributed by atoms with van der Waals surface area (Å²) in [5, 5.41) is 3.19. The highest BCUT2D eigenvalue weighted by Gasteiger charge is 2.40. The summed E-state index contributed by atoms with van der Waals surface area (Å²) < 4.78 is 0. The summed E-state index contributed by atoms with van der Waals surface area (Å²) in [5.41, 5.74) is 7.09. The molecule has 1 amide bonds. The predicted molar refractivity (Wildman–Crippen MR) is 88.2 cm³/mol. The summed E-state index contributed by atoms with van der Waals surface area (Å²) in [5.74, 6) is 0.107. The largest absolute Gasteiger partial charge is 0.353 e. The van der Waals surface area contributed by atoms with Crippen molar-refractivity contribution >= 4 is 5.91 Å². The molecule has 0 saturated carbocycles. The van der Waals surface area contributed by atoms with E-state index in [2.05, 4.69) is 40.5 Å². The van der Waals surface area contributed by atoms with Gasteiger partial charge in [0.1, 0.15) is 0 Å². The minimum Gasteiger partial charge on any atom is -0.353 e. The Kier molecular flexibility index (Phi) is 4.79. The van der Waals surface area contributed by atoms with Crippen LogP contribution in [0.25, 0.3) is 0 Å². The van der Waals surface area contributed by atoms with Crippen molar-refractivity contribution in [3.05, 3.63) is 35.9 Å². The van der Waals surface area contributed by atoms with Crippen molar-refractivity contribution in [1.29, 1.82) is 0 Å². The van der Waals surface area contributed by atoms with Gasteiger partial charge in [0.05, 0.1) is 0 Å². The van der Waals surface area contributed by atoms with Gasteiger partial charge in [-0.2, -0.15) is 0 Å². The quantitative estimate of drug-likeness (QED) is 0.875. The molecule has 1 aromatic carbocycles. The van der Waals surface area contributed by atoms with E-state index in [1.54, 1.807) is 0 Å². The fourth-order valence-electron chi connectivity index (χ4n) is 4.02. The zero-order chi connectivity index (χ0) is 15.5. The fraction of sp³-hybridized carbons (Fsp3) is 0.611. The lowest BCUT2D eigenvalue weighted by atomic mass is 9.96. The Morgan fingerprint density at radius 1 is 1.27 bits per heavy atom. The number of amides is 1. The van der Waals surface area contributed by atoms with Gasteiger partial charge in [-0.05, 0) is 38.2 Å². The minimum atomic E-state index is -0.0603. The molecule has 4 heteroatoms. The highest BCUT2D eigenvalue weighted by molar-refractivity contribution is 5.76. The van der Waals surface area contributed by atoms with Crippen molar-refractivity contribution in [2.45, 2.75) is 69.7 Å². The molecular weight excluding hydrogens is 274 g/mol. The third kappa shape index (κ3) is 3.68. The molecule has 2 aliphatic rings. The fourth-order valence-corrected chi connectivity index (χ4v) is 4.02. The molecule has 2 heterocycles. The number of rotatable bonds is 5. The maximum atomic E-state index is 11.9. The molecular formula is C18H27N3O. The van der Waals surface area contributed by atoms with Crippen LogP contribution in [0, 0.1) is 0 Å². The first-order chi connectivity index (χ1) is 10.6. The number of hydrogen-bond donors (Lipinski definition) is 2. The molecule has 3 unspecified atom stereocenters. The number of hydrogen-bond acceptors (Lipinski definition) is 3. The van der Waals surface area contributed by atoms with Crippen molar-refractivity contribution in [3.63, 3.8) is 0 Å². The number of fused-ring (bicyclic) bond motifs is 2. The minimum absolute atomic E-state index is 0.0603. The van der Waals surface area contributed by atoms with Gasteiger partial charge in [0, 0.05) is 37.1 Å². The number of carbonyl (C=O) groups excluding carboxylic acids is 1. The van der Waals surface area contributed by atoms with Gasteiger partial charge in [-0.3, -0.25) is 9.69 Å². The Morgan fingerprint density at radius 2 is 1.91 bits per heavy atom. The highest BCUT2D eigenvalue weighted by atomic mass is 16.1.